The molecule has 2 amide bonds. The Kier molecular flexibility index (Phi) is 9.19. The number of nitro benzene ring substituents is 1. The van der Waals surface area contributed by atoms with Crippen LogP contribution in [0, 0.1) is 20.6 Å². The number of nitro groups is 1. The number of halogens is 2. The van der Waals surface area contributed by atoms with Crippen molar-refractivity contribution in [3.05, 3.63) is 90.0 Å². The second-order valence-electron chi connectivity index (χ2n) is 7.34. The summed E-state index contributed by atoms with van der Waals surface area (Å²) in [7, 11) is 1.46. The SMILES string of the molecule is COc1cc(/C=N/NC(=O)c2cccc([N+](=O)[O-])c2)cc(I)c1OCC(=O)Nc1ccc(C)c(Cl)c1. The molecular formula is C24H20ClIN4O6. The normalized spacial score (nSPS) is 10.7. The molecule has 0 bridgehead atoms. The van der Waals surface area contributed by atoms with E-state index in [-0.39, 0.29) is 23.8 Å². The van der Waals surface area contributed by atoms with E-state index in [9.17, 15) is 19.7 Å². The van der Waals surface area contributed by atoms with E-state index in [0.29, 0.717) is 31.3 Å². The largest absolute Gasteiger partial charge is 0.493 e. The van der Waals surface area contributed by atoms with Crippen LogP contribution in [0.4, 0.5) is 11.4 Å². The summed E-state index contributed by atoms with van der Waals surface area (Å²) < 4.78 is 11.7. The van der Waals surface area contributed by atoms with Crippen molar-refractivity contribution < 1.29 is 24.0 Å². The van der Waals surface area contributed by atoms with Gasteiger partial charge < -0.3 is 14.8 Å². The van der Waals surface area contributed by atoms with Gasteiger partial charge in [-0.1, -0.05) is 23.7 Å². The lowest BCUT2D eigenvalue weighted by atomic mass is 10.2. The van der Waals surface area contributed by atoms with Crippen molar-refractivity contribution in [3.63, 3.8) is 0 Å². The number of carbonyl (C=O) groups excluding carboxylic acids is 2. The van der Waals surface area contributed by atoms with E-state index in [0.717, 1.165) is 11.6 Å². The molecule has 0 heterocycles. The number of benzene rings is 3. The summed E-state index contributed by atoms with van der Waals surface area (Å²) in [6.07, 6.45) is 1.39. The minimum Gasteiger partial charge on any atom is -0.493 e. The van der Waals surface area contributed by atoms with Gasteiger partial charge in [-0.25, -0.2) is 5.43 Å². The second-order valence-corrected chi connectivity index (χ2v) is 8.91. The Morgan fingerprint density at radius 1 is 1.19 bits per heavy atom. The highest BCUT2D eigenvalue weighted by molar-refractivity contribution is 14.1. The number of aryl methyl sites for hydroxylation is 1. The fourth-order valence-electron chi connectivity index (χ4n) is 2.95. The van der Waals surface area contributed by atoms with Crippen LogP contribution >= 0.6 is 34.2 Å². The van der Waals surface area contributed by atoms with Gasteiger partial charge in [0.25, 0.3) is 17.5 Å². The number of hydrazone groups is 1. The summed E-state index contributed by atoms with van der Waals surface area (Å²) in [6.45, 7) is 1.61. The summed E-state index contributed by atoms with van der Waals surface area (Å²) in [4.78, 5) is 34.8. The van der Waals surface area contributed by atoms with Gasteiger partial charge in [0.1, 0.15) is 0 Å². The minimum absolute atomic E-state index is 0.100. The minimum atomic E-state index is -0.600. The standard InChI is InChI=1S/C24H20ClIN4O6/c1-14-6-7-17(11-19(14)25)28-22(31)13-36-23-20(26)8-15(9-21(23)35-2)12-27-29-24(32)16-4-3-5-18(10-16)30(33)34/h3-12H,13H2,1-2H3,(H,28,31)(H,29,32)/b27-12+. The number of anilines is 1. The molecule has 0 aliphatic carbocycles. The fraction of sp³-hybridized carbons (Fsp3) is 0.125. The van der Waals surface area contributed by atoms with Crippen LogP contribution in [0.25, 0.3) is 0 Å². The summed E-state index contributed by atoms with van der Waals surface area (Å²) in [6, 6.07) is 13.9. The zero-order chi connectivity index (χ0) is 26.2. The Hall–Kier alpha value is -3.71. The molecule has 0 spiro atoms. The Morgan fingerprint density at radius 2 is 1.97 bits per heavy atom. The number of rotatable bonds is 9. The fourth-order valence-corrected chi connectivity index (χ4v) is 3.91. The predicted molar refractivity (Wildman–Crippen MR) is 144 cm³/mol. The maximum atomic E-state index is 12.3. The van der Waals surface area contributed by atoms with Crippen LogP contribution in [-0.4, -0.2) is 36.7 Å². The molecular weight excluding hydrogens is 603 g/mol. The lowest BCUT2D eigenvalue weighted by molar-refractivity contribution is -0.384. The first-order valence-electron chi connectivity index (χ1n) is 10.3. The van der Waals surface area contributed by atoms with Crippen molar-refractivity contribution >= 4 is 63.6 Å². The molecule has 0 aliphatic rings. The van der Waals surface area contributed by atoms with Crippen molar-refractivity contribution in [2.45, 2.75) is 6.92 Å². The smallest absolute Gasteiger partial charge is 0.271 e. The molecule has 2 N–H and O–H groups in total. The topological polar surface area (TPSA) is 132 Å². The zero-order valence-electron chi connectivity index (χ0n) is 19.1. The third-order valence-corrected chi connectivity index (χ3v) is 5.96. The Bertz CT molecular complexity index is 1350. The van der Waals surface area contributed by atoms with Crippen LogP contribution in [0.3, 0.4) is 0 Å². The van der Waals surface area contributed by atoms with Gasteiger partial charge in [0, 0.05) is 28.4 Å². The number of nitrogens with zero attached hydrogens (tertiary/aromatic N) is 2. The number of nitrogens with one attached hydrogen (secondary N) is 2. The number of methoxy groups -OCH3 is 1. The van der Waals surface area contributed by atoms with Crippen molar-refractivity contribution in [3.8, 4) is 11.5 Å². The summed E-state index contributed by atoms with van der Waals surface area (Å²) in [5.41, 5.74) is 4.27. The molecule has 0 aliphatic heterocycles. The van der Waals surface area contributed by atoms with Gasteiger partial charge in [0.15, 0.2) is 18.1 Å². The van der Waals surface area contributed by atoms with Crippen molar-refractivity contribution in [2.75, 3.05) is 19.0 Å². The Balaban J connectivity index is 1.64. The zero-order valence-corrected chi connectivity index (χ0v) is 22.0. The quantitative estimate of drug-likeness (QED) is 0.150. The van der Waals surface area contributed by atoms with Crippen LogP contribution in [-0.2, 0) is 4.79 Å². The van der Waals surface area contributed by atoms with Crippen LogP contribution < -0.4 is 20.2 Å². The second kappa shape index (κ2) is 12.3. The molecule has 10 nitrogen and oxygen atoms in total. The molecule has 0 atom stereocenters. The van der Waals surface area contributed by atoms with Crippen molar-refractivity contribution in [1.82, 2.24) is 5.43 Å². The van der Waals surface area contributed by atoms with Crippen molar-refractivity contribution in [1.29, 1.82) is 0 Å². The molecule has 12 heteroatoms. The van der Waals surface area contributed by atoms with Gasteiger partial charge in [-0.15, -0.1) is 0 Å². The predicted octanol–water partition coefficient (Wildman–Crippen LogP) is 4.95. The average Bonchev–Trinajstić information content (AvgIpc) is 2.85. The van der Waals surface area contributed by atoms with Crippen molar-refractivity contribution in [2.24, 2.45) is 5.10 Å². The maximum Gasteiger partial charge on any atom is 0.271 e. The number of hydrogen-bond donors (Lipinski definition) is 2. The van der Waals surface area contributed by atoms with Gasteiger partial charge >= 0.3 is 0 Å². The molecule has 36 heavy (non-hydrogen) atoms. The first-order chi connectivity index (χ1) is 17.2. The summed E-state index contributed by atoms with van der Waals surface area (Å²) >= 11 is 8.12. The lowest BCUT2D eigenvalue weighted by Gasteiger charge is -2.14. The van der Waals surface area contributed by atoms with E-state index in [1.165, 1.54) is 31.5 Å². The van der Waals surface area contributed by atoms with Gasteiger partial charge in [0.2, 0.25) is 0 Å². The molecule has 3 aromatic carbocycles. The van der Waals surface area contributed by atoms with Gasteiger partial charge in [-0.2, -0.15) is 5.10 Å². The highest BCUT2D eigenvalue weighted by Gasteiger charge is 2.14. The molecule has 0 fully saturated rings. The van der Waals surface area contributed by atoms with E-state index >= 15 is 0 Å². The number of amides is 2. The van der Waals surface area contributed by atoms with E-state index in [1.807, 2.05) is 29.5 Å². The van der Waals surface area contributed by atoms with E-state index in [1.54, 1.807) is 30.3 Å². The number of carbonyl (C=O) groups is 2. The van der Waals surface area contributed by atoms with Gasteiger partial charge in [0.05, 0.1) is 21.8 Å². The molecule has 0 saturated heterocycles. The molecule has 3 aromatic rings. The van der Waals surface area contributed by atoms with Crippen LogP contribution in [0.1, 0.15) is 21.5 Å². The first-order valence-corrected chi connectivity index (χ1v) is 11.8. The number of hydrogen-bond acceptors (Lipinski definition) is 7. The van der Waals surface area contributed by atoms with E-state index in [2.05, 4.69) is 15.8 Å². The van der Waals surface area contributed by atoms with E-state index in [4.69, 9.17) is 21.1 Å². The molecule has 0 saturated carbocycles. The molecule has 0 unspecified atom stereocenters. The third-order valence-electron chi connectivity index (χ3n) is 4.75. The Morgan fingerprint density at radius 3 is 2.67 bits per heavy atom. The third kappa shape index (κ3) is 7.15. The van der Waals surface area contributed by atoms with Crippen LogP contribution in [0.2, 0.25) is 5.02 Å². The molecule has 186 valence electrons. The Labute approximate surface area is 224 Å². The molecule has 3 rings (SSSR count). The number of ether oxygens (including phenoxy) is 2. The molecule has 0 aromatic heterocycles. The lowest BCUT2D eigenvalue weighted by Crippen LogP contribution is -2.20. The average molecular weight is 623 g/mol. The highest BCUT2D eigenvalue weighted by atomic mass is 127. The number of non-ortho nitro benzene ring substituents is 1. The first kappa shape index (κ1) is 26.9. The monoisotopic (exact) mass is 622 g/mol. The summed E-state index contributed by atoms with van der Waals surface area (Å²) in [5, 5.41) is 18.0. The summed E-state index contributed by atoms with van der Waals surface area (Å²) in [5.74, 6) is -0.243. The molecule has 0 radical (unpaired) electrons. The van der Waals surface area contributed by atoms with Crippen LogP contribution in [0.5, 0.6) is 11.5 Å². The van der Waals surface area contributed by atoms with Gasteiger partial charge in [-0.05, 0) is 71.0 Å². The van der Waals surface area contributed by atoms with Gasteiger partial charge in [-0.3, -0.25) is 19.7 Å². The maximum absolute atomic E-state index is 12.3. The van der Waals surface area contributed by atoms with Crippen LogP contribution in [0.15, 0.2) is 59.7 Å². The highest BCUT2D eigenvalue weighted by Crippen LogP contribution is 2.33. The van der Waals surface area contributed by atoms with E-state index < -0.39 is 10.8 Å².